The summed E-state index contributed by atoms with van der Waals surface area (Å²) in [7, 11) is -4.75. The number of phosphoric acid groups is 1. The highest BCUT2D eigenvalue weighted by atomic mass is 31.2. The minimum absolute atomic E-state index is 0.153. The average Bonchev–Trinajstić information content (AvgIpc) is 3.18. The van der Waals surface area contributed by atoms with Crippen molar-refractivity contribution in [2.45, 2.75) is 251 Å². The Balaban J connectivity index is 3.80. The Morgan fingerprint density at radius 1 is 0.491 bits per heavy atom. The molecule has 3 atom stereocenters. The molecule has 0 spiro atoms. The zero-order chi connectivity index (χ0) is 42.1. The number of aliphatic hydroxyl groups excluding tert-OH is 1. The number of esters is 1. The maximum Gasteiger partial charge on any atom is 0.472 e. The number of aliphatic carboxylic acids is 1. The van der Waals surface area contributed by atoms with Crippen molar-refractivity contribution in [2.24, 2.45) is 0 Å². The first kappa shape index (κ1) is 55.5. The molecule has 0 radical (unpaired) electrons. The molecule has 0 heterocycles. The standard InChI is InChI=1S/C45H88NO10P/c1-3-5-7-9-11-13-15-16-17-18-19-20-21-22-23-24-25-27-28-30-32-34-36-43(48)46-42(45(50)51)40-56-57(52,53)55-39-41(47)38-54-44(49)37-35-33-31-29-26-14-12-10-8-6-4-2/h41-42,47H,3-40H2,1-2H3,(H,46,48)(H,50,51)(H,52,53). The molecule has 0 aliphatic rings. The van der Waals surface area contributed by atoms with Gasteiger partial charge < -0.3 is 25.2 Å². The van der Waals surface area contributed by atoms with E-state index in [-0.39, 0.29) is 12.8 Å². The van der Waals surface area contributed by atoms with E-state index >= 15 is 0 Å². The third kappa shape index (κ3) is 41.0. The lowest BCUT2D eigenvalue weighted by molar-refractivity contribution is -0.147. The summed E-state index contributed by atoms with van der Waals surface area (Å²) in [6.07, 6.45) is 39.9. The molecule has 0 saturated carbocycles. The molecular formula is C45H88NO10P. The van der Waals surface area contributed by atoms with Crippen LogP contribution >= 0.6 is 7.82 Å². The third-order valence-electron chi connectivity index (χ3n) is 10.6. The van der Waals surface area contributed by atoms with Crippen molar-refractivity contribution in [3.05, 3.63) is 0 Å². The second kappa shape index (κ2) is 41.2. The number of carboxylic acid groups (broad SMARTS) is 1. The fraction of sp³-hybridized carbons (Fsp3) is 0.933. The number of ether oxygens (including phenoxy) is 1. The molecule has 0 aliphatic carbocycles. The van der Waals surface area contributed by atoms with Gasteiger partial charge in [0.25, 0.3) is 0 Å². The topological polar surface area (TPSA) is 169 Å². The van der Waals surface area contributed by atoms with Crippen LogP contribution in [-0.2, 0) is 32.7 Å². The van der Waals surface area contributed by atoms with E-state index < -0.39 is 57.6 Å². The molecule has 1 amide bonds. The Labute approximate surface area is 348 Å². The van der Waals surface area contributed by atoms with Crippen molar-refractivity contribution in [2.75, 3.05) is 19.8 Å². The van der Waals surface area contributed by atoms with Gasteiger partial charge in [-0.25, -0.2) is 9.36 Å². The van der Waals surface area contributed by atoms with Crippen molar-refractivity contribution in [3.63, 3.8) is 0 Å². The number of phosphoric ester groups is 1. The van der Waals surface area contributed by atoms with Gasteiger partial charge in [0.05, 0.1) is 13.2 Å². The smallest absolute Gasteiger partial charge is 0.472 e. The molecule has 3 unspecified atom stereocenters. The van der Waals surface area contributed by atoms with Crippen LogP contribution in [0.3, 0.4) is 0 Å². The number of hydrogen-bond acceptors (Lipinski definition) is 8. The minimum atomic E-state index is -4.75. The van der Waals surface area contributed by atoms with E-state index in [2.05, 4.69) is 19.2 Å². The number of rotatable bonds is 45. The summed E-state index contributed by atoms with van der Waals surface area (Å²) in [5.74, 6) is -2.35. The van der Waals surface area contributed by atoms with Crippen molar-refractivity contribution in [3.8, 4) is 0 Å². The van der Waals surface area contributed by atoms with Gasteiger partial charge in [-0.2, -0.15) is 0 Å². The fourth-order valence-electron chi connectivity index (χ4n) is 6.96. The van der Waals surface area contributed by atoms with E-state index in [0.29, 0.717) is 12.8 Å². The highest BCUT2D eigenvalue weighted by Gasteiger charge is 2.28. The van der Waals surface area contributed by atoms with Gasteiger partial charge in [-0.15, -0.1) is 0 Å². The van der Waals surface area contributed by atoms with Crippen LogP contribution in [-0.4, -0.2) is 64.9 Å². The average molecular weight is 834 g/mol. The summed E-state index contributed by atoms with van der Waals surface area (Å²) in [5.41, 5.74) is 0. The van der Waals surface area contributed by atoms with Crippen LogP contribution < -0.4 is 5.32 Å². The summed E-state index contributed by atoms with van der Waals surface area (Å²) < 4.78 is 26.8. The number of carbonyl (C=O) groups excluding carboxylic acids is 2. The van der Waals surface area contributed by atoms with Crippen molar-refractivity contribution in [1.82, 2.24) is 5.32 Å². The van der Waals surface area contributed by atoms with Gasteiger partial charge >= 0.3 is 19.8 Å². The van der Waals surface area contributed by atoms with Crippen LogP contribution in [0.1, 0.15) is 239 Å². The number of amides is 1. The van der Waals surface area contributed by atoms with Crippen LogP contribution in [0.4, 0.5) is 0 Å². The molecule has 0 bridgehead atoms. The maximum absolute atomic E-state index is 12.3. The van der Waals surface area contributed by atoms with Gasteiger partial charge in [-0.1, -0.05) is 213 Å². The molecule has 57 heavy (non-hydrogen) atoms. The molecule has 0 aliphatic heterocycles. The third-order valence-corrected chi connectivity index (χ3v) is 11.6. The molecule has 0 saturated heterocycles. The molecule has 0 aromatic heterocycles. The number of unbranched alkanes of at least 4 members (excludes halogenated alkanes) is 31. The Bertz CT molecular complexity index is 984. The van der Waals surface area contributed by atoms with Crippen molar-refractivity contribution >= 4 is 25.7 Å². The SMILES string of the molecule is CCCCCCCCCCCCCCCCCCCCCCCCC(=O)NC(COP(=O)(O)OCC(O)COC(=O)CCCCCCCCCCCCC)C(=O)O. The molecule has 12 heteroatoms. The largest absolute Gasteiger partial charge is 0.480 e. The highest BCUT2D eigenvalue weighted by molar-refractivity contribution is 7.47. The molecule has 0 aromatic carbocycles. The number of carbonyl (C=O) groups is 3. The zero-order valence-corrected chi connectivity index (χ0v) is 37.6. The molecular weight excluding hydrogens is 745 g/mol. The van der Waals surface area contributed by atoms with Gasteiger partial charge in [-0.3, -0.25) is 18.6 Å². The van der Waals surface area contributed by atoms with E-state index in [0.717, 1.165) is 38.5 Å². The first-order chi connectivity index (χ1) is 27.6. The number of aliphatic hydroxyl groups is 1. The second-order valence-corrected chi connectivity index (χ2v) is 17.8. The molecule has 11 nitrogen and oxygen atoms in total. The molecule has 0 fully saturated rings. The Morgan fingerprint density at radius 2 is 0.807 bits per heavy atom. The molecule has 4 N–H and O–H groups in total. The van der Waals surface area contributed by atoms with Crippen LogP contribution in [0.2, 0.25) is 0 Å². The lowest BCUT2D eigenvalue weighted by Crippen LogP contribution is -2.43. The predicted molar refractivity (Wildman–Crippen MR) is 231 cm³/mol. The summed E-state index contributed by atoms with van der Waals surface area (Å²) in [4.78, 5) is 45.9. The lowest BCUT2D eigenvalue weighted by Gasteiger charge is -2.18. The normalized spacial score (nSPS) is 13.6. The van der Waals surface area contributed by atoms with Crippen LogP contribution in [0.15, 0.2) is 0 Å². The predicted octanol–water partition coefficient (Wildman–Crippen LogP) is 12.3. The first-order valence-corrected chi connectivity index (χ1v) is 25.1. The summed E-state index contributed by atoms with van der Waals surface area (Å²) in [6.45, 7) is 2.62. The summed E-state index contributed by atoms with van der Waals surface area (Å²) >= 11 is 0. The highest BCUT2D eigenvalue weighted by Crippen LogP contribution is 2.43. The molecule has 0 rings (SSSR count). The molecule has 338 valence electrons. The van der Waals surface area contributed by atoms with E-state index in [4.69, 9.17) is 13.8 Å². The summed E-state index contributed by atoms with van der Waals surface area (Å²) in [5, 5.41) is 21.8. The Kier molecular flexibility index (Phi) is 40.1. The monoisotopic (exact) mass is 834 g/mol. The van der Waals surface area contributed by atoms with Gasteiger partial charge in [0.1, 0.15) is 12.7 Å². The number of hydrogen-bond donors (Lipinski definition) is 4. The van der Waals surface area contributed by atoms with Gasteiger partial charge in [0.2, 0.25) is 5.91 Å². The van der Waals surface area contributed by atoms with Crippen LogP contribution in [0.5, 0.6) is 0 Å². The lowest BCUT2D eigenvalue weighted by atomic mass is 10.0. The quantitative estimate of drug-likeness (QED) is 0.0263. The first-order valence-electron chi connectivity index (χ1n) is 23.6. The summed E-state index contributed by atoms with van der Waals surface area (Å²) in [6, 6.07) is -1.54. The van der Waals surface area contributed by atoms with Crippen molar-refractivity contribution in [1.29, 1.82) is 0 Å². The maximum atomic E-state index is 12.3. The fourth-order valence-corrected chi connectivity index (χ4v) is 7.74. The second-order valence-electron chi connectivity index (χ2n) is 16.3. The van der Waals surface area contributed by atoms with E-state index in [1.165, 1.54) is 161 Å². The van der Waals surface area contributed by atoms with Gasteiger partial charge in [0.15, 0.2) is 6.04 Å². The van der Waals surface area contributed by atoms with Gasteiger partial charge in [0, 0.05) is 12.8 Å². The van der Waals surface area contributed by atoms with E-state index in [1.807, 2.05) is 0 Å². The van der Waals surface area contributed by atoms with E-state index in [9.17, 15) is 34.1 Å². The Hall–Kier alpha value is -1.52. The molecule has 0 aromatic rings. The van der Waals surface area contributed by atoms with Crippen LogP contribution in [0, 0.1) is 0 Å². The number of carboxylic acids is 1. The minimum Gasteiger partial charge on any atom is -0.480 e. The van der Waals surface area contributed by atoms with Crippen LogP contribution in [0.25, 0.3) is 0 Å². The number of nitrogens with one attached hydrogen (secondary N) is 1. The van der Waals surface area contributed by atoms with E-state index in [1.54, 1.807) is 0 Å². The van der Waals surface area contributed by atoms with Gasteiger partial charge in [-0.05, 0) is 12.8 Å². The van der Waals surface area contributed by atoms with Crippen molar-refractivity contribution < 1.29 is 47.8 Å². The zero-order valence-electron chi connectivity index (χ0n) is 36.7. The Morgan fingerprint density at radius 3 is 1.16 bits per heavy atom.